The zero-order valence-electron chi connectivity index (χ0n) is 6.39. The molecule has 0 rings (SSSR count). The first-order valence-electron chi connectivity index (χ1n) is 3.07. The third-order valence-corrected chi connectivity index (χ3v) is 0.947. The molecule has 2 heteroatoms. The van der Waals surface area contributed by atoms with Crippen LogP contribution in [0.3, 0.4) is 0 Å². The number of nitrogens with one attached hydrogen (secondary N) is 1. The normalized spacial score (nSPS) is 12.0. The van der Waals surface area contributed by atoms with Crippen molar-refractivity contribution in [1.29, 1.82) is 5.41 Å². The Morgan fingerprint density at radius 3 is 2.50 bits per heavy atom. The van der Waals surface area contributed by atoms with Gasteiger partial charge in [-0.15, -0.1) is 0 Å². The molecule has 0 bridgehead atoms. The summed E-state index contributed by atoms with van der Waals surface area (Å²) in [5, 5.41) is 6.79. The van der Waals surface area contributed by atoms with E-state index in [-0.39, 0.29) is 0 Å². The second-order valence-corrected chi connectivity index (χ2v) is 1.89. The van der Waals surface area contributed by atoms with Crippen molar-refractivity contribution < 1.29 is 0 Å². The lowest BCUT2D eigenvalue weighted by molar-refractivity contribution is 1.31. The minimum atomic E-state index is 0.762. The molecule has 54 valence electrons. The topological polar surface area (TPSA) is 36.2 Å². The van der Waals surface area contributed by atoms with Crippen molar-refractivity contribution in [1.82, 2.24) is 0 Å². The Balaban J connectivity index is 4.41. The highest BCUT2D eigenvalue weighted by Gasteiger charge is 1.89. The molecular formula is C8H12N2. The molecule has 0 aromatic carbocycles. The number of allylic oxidation sites excluding steroid dienone is 2. The maximum absolute atomic E-state index is 6.79. The average molecular weight is 136 g/mol. The first-order chi connectivity index (χ1) is 4.72. The van der Waals surface area contributed by atoms with Crippen molar-refractivity contribution in [3.63, 3.8) is 0 Å². The van der Waals surface area contributed by atoms with E-state index in [0.717, 1.165) is 11.3 Å². The van der Waals surface area contributed by atoms with Gasteiger partial charge < -0.3 is 5.41 Å². The molecule has 0 aliphatic carbocycles. The van der Waals surface area contributed by atoms with Crippen molar-refractivity contribution in [3.8, 4) is 0 Å². The first kappa shape index (κ1) is 8.82. The Hall–Kier alpha value is -1.18. The fourth-order valence-corrected chi connectivity index (χ4v) is 0.514. The van der Waals surface area contributed by atoms with E-state index in [1.54, 1.807) is 12.3 Å². The van der Waals surface area contributed by atoms with E-state index in [1.165, 1.54) is 6.21 Å². The van der Waals surface area contributed by atoms with Crippen molar-refractivity contribution in [3.05, 3.63) is 23.9 Å². The van der Waals surface area contributed by atoms with Crippen molar-refractivity contribution in [2.24, 2.45) is 4.99 Å². The zero-order valence-corrected chi connectivity index (χ0v) is 6.39. The molecule has 0 amide bonds. The standard InChI is InChI=1S/C8H12N2/c1-4-10-8(5-6-9)7(2)3/h4-6,9H,2H2,1,3H3. The molecule has 0 aromatic heterocycles. The van der Waals surface area contributed by atoms with Gasteiger partial charge in [-0.05, 0) is 25.5 Å². The van der Waals surface area contributed by atoms with Gasteiger partial charge in [-0.1, -0.05) is 6.58 Å². The molecule has 10 heavy (non-hydrogen) atoms. The van der Waals surface area contributed by atoms with E-state index in [1.807, 2.05) is 13.8 Å². The van der Waals surface area contributed by atoms with Crippen LogP contribution < -0.4 is 0 Å². The number of hydrogen-bond donors (Lipinski definition) is 1. The lowest BCUT2D eigenvalue weighted by Crippen LogP contribution is -1.80. The first-order valence-corrected chi connectivity index (χ1v) is 3.07. The molecule has 0 radical (unpaired) electrons. The summed E-state index contributed by atoms with van der Waals surface area (Å²) in [6, 6.07) is 0. The molecule has 2 nitrogen and oxygen atoms in total. The Bertz CT molecular complexity index is 187. The SMILES string of the molecule is C=C(C)C(=CC=N)N=CC. The van der Waals surface area contributed by atoms with Gasteiger partial charge in [0.2, 0.25) is 0 Å². The van der Waals surface area contributed by atoms with Crippen LogP contribution in [0, 0.1) is 5.41 Å². The van der Waals surface area contributed by atoms with Gasteiger partial charge in [-0.25, -0.2) is 0 Å². The molecule has 0 aliphatic rings. The molecule has 0 heterocycles. The summed E-state index contributed by atoms with van der Waals surface area (Å²) < 4.78 is 0. The Labute approximate surface area is 61.5 Å². The van der Waals surface area contributed by atoms with Gasteiger partial charge in [0, 0.05) is 12.4 Å². The second-order valence-electron chi connectivity index (χ2n) is 1.89. The number of hydrogen-bond acceptors (Lipinski definition) is 2. The molecule has 0 atom stereocenters. The predicted molar refractivity (Wildman–Crippen MR) is 45.8 cm³/mol. The maximum Gasteiger partial charge on any atom is 0.0663 e. The smallest absolute Gasteiger partial charge is 0.0663 e. The van der Waals surface area contributed by atoms with E-state index < -0.39 is 0 Å². The van der Waals surface area contributed by atoms with Gasteiger partial charge in [-0.3, -0.25) is 4.99 Å². The highest BCUT2D eigenvalue weighted by atomic mass is 14.7. The lowest BCUT2D eigenvalue weighted by Gasteiger charge is -1.95. The fraction of sp³-hybridized carbons (Fsp3) is 0.250. The van der Waals surface area contributed by atoms with Crippen LogP contribution in [0.2, 0.25) is 0 Å². The van der Waals surface area contributed by atoms with Gasteiger partial charge in [0.25, 0.3) is 0 Å². The molecule has 0 fully saturated rings. The van der Waals surface area contributed by atoms with Crippen LogP contribution in [0.15, 0.2) is 28.9 Å². The fourth-order valence-electron chi connectivity index (χ4n) is 0.514. The van der Waals surface area contributed by atoms with Gasteiger partial charge in [-0.2, -0.15) is 0 Å². The zero-order chi connectivity index (χ0) is 7.98. The minimum absolute atomic E-state index is 0.762. The molecule has 0 unspecified atom stereocenters. The summed E-state index contributed by atoms with van der Waals surface area (Å²) in [6.45, 7) is 7.40. The lowest BCUT2D eigenvalue weighted by atomic mass is 10.2. The predicted octanol–water partition coefficient (Wildman–Crippen LogP) is 2.19. The van der Waals surface area contributed by atoms with Crippen molar-refractivity contribution >= 4 is 12.4 Å². The number of nitrogens with zero attached hydrogens (tertiary/aromatic N) is 1. The third kappa shape index (κ3) is 2.97. The quantitative estimate of drug-likeness (QED) is 0.456. The molecule has 1 N–H and O–H groups in total. The summed E-state index contributed by atoms with van der Waals surface area (Å²) >= 11 is 0. The summed E-state index contributed by atoms with van der Waals surface area (Å²) in [6.07, 6.45) is 4.50. The summed E-state index contributed by atoms with van der Waals surface area (Å²) in [5.41, 5.74) is 1.64. The van der Waals surface area contributed by atoms with E-state index >= 15 is 0 Å². The second kappa shape index (κ2) is 4.68. The Kier molecular flexibility index (Phi) is 4.12. The summed E-state index contributed by atoms with van der Waals surface area (Å²) in [7, 11) is 0. The molecule has 0 spiro atoms. The van der Waals surface area contributed by atoms with E-state index in [2.05, 4.69) is 11.6 Å². The minimum Gasteiger partial charge on any atom is -0.309 e. The van der Waals surface area contributed by atoms with Crippen molar-refractivity contribution in [2.75, 3.05) is 0 Å². The van der Waals surface area contributed by atoms with Crippen molar-refractivity contribution in [2.45, 2.75) is 13.8 Å². The molecule has 0 aliphatic heterocycles. The van der Waals surface area contributed by atoms with Gasteiger partial charge >= 0.3 is 0 Å². The van der Waals surface area contributed by atoms with E-state index in [4.69, 9.17) is 5.41 Å². The summed E-state index contributed by atoms with van der Waals surface area (Å²) in [4.78, 5) is 4.00. The molecule has 0 saturated carbocycles. The maximum atomic E-state index is 6.79. The van der Waals surface area contributed by atoms with Crippen LogP contribution in [0.1, 0.15) is 13.8 Å². The molecule has 0 saturated heterocycles. The van der Waals surface area contributed by atoms with Gasteiger partial charge in [0.05, 0.1) is 5.70 Å². The number of aliphatic imine (C=N–C) groups is 1. The molecular weight excluding hydrogens is 124 g/mol. The van der Waals surface area contributed by atoms with Crippen LogP contribution >= 0.6 is 0 Å². The average Bonchev–Trinajstić information content (AvgIpc) is 1.87. The van der Waals surface area contributed by atoms with Crippen LogP contribution in [0.25, 0.3) is 0 Å². The highest BCUT2D eigenvalue weighted by molar-refractivity contribution is 5.71. The van der Waals surface area contributed by atoms with E-state index in [9.17, 15) is 0 Å². The van der Waals surface area contributed by atoms with Crippen LogP contribution in [0.4, 0.5) is 0 Å². The van der Waals surface area contributed by atoms with E-state index in [0.29, 0.717) is 0 Å². The van der Waals surface area contributed by atoms with Gasteiger partial charge in [0.15, 0.2) is 0 Å². The highest BCUT2D eigenvalue weighted by Crippen LogP contribution is 2.05. The van der Waals surface area contributed by atoms with Crippen LogP contribution in [-0.2, 0) is 0 Å². The Morgan fingerprint density at radius 1 is 1.60 bits per heavy atom. The number of rotatable bonds is 3. The van der Waals surface area contributed by atoms with Crippen LogP contribution in [-0.4, -0.2) is 12.4 Å². The van der Waals surface area contributed by atoms with Crippen LogP contribution in [0.5, 0.6) is 0 Å². The largest absolute Gasteiger partial charge is 0.309 e. The van der Waals surface area contributed by atoms with Gasteiger partial charge in [0.1, 0.15) is 0 Å². The molecule has 0 aromatic rings. The third-order valence-electron chi connectivity index (χ3n) is 0.947. The Morgan fingerprint density at radius 2 is 2.20 bits per heavy atom. The summed E-state index contributed by atoms with van der Waals surface area (Å²) in [5.74, 6) is 0. The monoisotopic (exact) mass is 136 g/mol.